The third-order valence-electron chi connectivity index (χ3n) is 6.13. The van der Waals surface area contributed by atoms with Gasteiger partial charge in [0.05, 0.1) is 10.4 Å². The lowest BCUT2D eigenvalue weighted by Crippen LogP contribution is -2.23. The zero-order chi connectivity index (χ0) is 27.8. The minimum absolute atomic E-state index is 0.177. The number of sulfone groups is 1. The van der Waals surface area contributed by atoms with Crippen LogP contribution in [-0.4, -0.2) is 23.9 Å². The first kappa shape index (κ1) is 26.9. The number of hydrogen-bond donors (Lipinski definition) is 1. The summed E-state index contributed by atoms with van der Waals surface area (Å²) in [6.07, 6.45) is 1.36. The molecule has 0 atom stereocenters. The maximum absolute atomic E-state index is 12.9. The lowest BCUT2D eigenvalue weighted by Gasteiger charge is -2.20. The molecule has 0 amide bonds. The first-order valence-electron chi connectivity index (χ1n) is 11.5. The van der Waals surface area contributed by atoms with Crippen LogP contribution in [0.1, 0.15) is 22.6 Å². The van der Waals surface area contributed by atoms with Crippen molar-refractivity contribution in [2.75, 3.05) is 5.32 Å². The van der Waals surface area contributed by atoms with E-state index in [9.17, 15) is 21.6 Å². The molecular weight excluding hydrogens is 570 g/mol. The summed E-state index contributed by atoms with van der Waals surface area (Å²) >= 11 is 12.3. The quantitative estimate of drug-likeness (QED) is 0.203. The second kappa shape index (κ2) is 10.5. The Balaban J connectivity index is 1.55. The highest BCUT2D eigenvalue weighted by atomic mass is 35.5. The molecule has 5 nitrogen and oxygen atoms in total. The van der Waals surface area contributed by atoms with E-state index in [2.05, 4.69) is 15.3 Å². The van der Waals surface area contributed by atoms with Crippen molar-refractivity contribution < 1.29 is 21.6 Å². The first-order valence-corrected chi connectivity index (χ1v) is 13.7. The third-order valence-corrected chi connectivity index (χ3v) is 8.14. The van der Waals surface area contributed by atoms with E-state index in [-0.39, 0.29) is 5.92 Å². The summed E-state index contributed by atoms with van der Waals surface area (Å²) in [7, 11) is -5.44. The molecule has 1 aromatic heterocycles. The van der Waals surface area contributed by atoms with Gasteiger partial charge >= 0.3 is 5.51 Å². The number of nitrogens with one attached hydrogen (secondary N) is 1. The number of anilines is 2. The minimum atomic E-state index is -5.44. The molecule has 5 aromatic rings. The van der Waals surface area contributed by atoms with Crippen molar-refractivity contribution in [1.82, 2.24) is 9.97 Å². The Morgan fingerprint density at radius 3 is 1.79 bits per heavy atom. The molecule has 0 bridgehead atoms. The lowest BCUT2D eigenvalue weighted by molar-refractivity contribution is -0.0436. The molecule has 39 heavy (non-hydrogen) atoms. The van der Waals surface area contributed by atoms with E-state index in [1.165, 1.54) is 18.5 Å². The summed E-state index contributed by atoms with van der Waals surface area (Å²) in [5, 5.41) is 4.95. The molecule has 0 aliphatic rings. The molecule has 198 valence electrons. The van der Waals surface area contributed by atoms with Crippen molar-refractivity contribution in [2.45, 2.75) is 16.3 Å². The molecule has 4 aromatic carbocycles. The molecule has 11 heteroatoms. The Kier molecular flexibility index (Phi) is 7.24. The van der Waals surface area contributed by atoms with Gasteiger partial charge in [-0.05, 0) is 77.4 Å². The average Bonchev–Trinajstić information content (AvgIpc) is 2.91. The summed E-state index contributed by atoms with van der Waals surface area (Å²) in [6, 6.07) is 25.1. The minimum Gasteiger partial charge on any atom is -0.340 e. The summed E-state index contributed by atoms with van der Waals surface area (Å²) < 4.78 is 62.1. The number of fused-ring (bicyclic) bond motifs is 1. The van der Waals surface area contributed by atoms with Crippen molar-refractivity contribution in [2.24, 2.45) is 0 Å². The fourth-order valence-electron chi connectivity index (χ4n) is 4.23. The Labute approximate surface area is 232 Å². The number of hydrogen-bond acceptors (Lipinski definition) is 5. The van der Waals surface area contributed by atoms with Crippen molar-refractivity contribution >= 4 is 55.4 Å². The van der Waals surface area contributed by atoms with E-state index in [0.717, 1.165) is 28.8 Å². The van der Waals surface area contributed by atoms with Crippen LogP contribution in [0.4, 0.5) is 24.7 Å². The molecule has 5 rings (SSSR count). The Bertz CT molecular complexity index is 1700. The number of benzene rings is 4. The standard InChI is InChI=1S/C28H18Cl2F3N3O2S/c29-20-6-1-17(2-7-20)26(18-3-8-21(30)9-4-18)19-5-14-25-24(15-19)27(35-16-34-25)36-22-10-12-23(13-11-22)39(37,38)28(31,32)33/h1-16,26H,(H,34,35,36). The van der Waals surface area contributed by atoms with Gasteiger partial charge in [0, 0.05) is 27.0 Å². The molecule has 1 N–H and O–H groups in total. The summed E-state index contributed by atoms with van der Waals surface area (Å²) in [5.41, 5.74) is -1.47. The molecule has 0 saturated carbocycles. The van der Waals surface area contributed by atoms with E-state index in [1.54, 1.807) is 0 Å². The van der Waals surface area contributed by atoms with Crippen LogP contribution in [0.3, 0.4) is 0 Å². The predicted octanol–water partition coefficient (Wildman–Crippen LogP) is 8.15. The SMILES string of the molecule is O=S(=O)(c1ccc(Nc2ncnc3ccc(C(c4ccc(Cl)cc4)c4ccc(Cl)cc4)cc23)cc1)C(F)(F)F. The molecular formula is C28H18Cl2F3N3O2S. The second-order valence-corrected chi connectivity index (χ2v) is 11.4. The van der Waals surface area contributed by atoms with E-state index in [4.69, 9.17) is 23.2 Å². The van der Waals surface area contributed by atoms with Gasteiger partial charge in [0.1, 0.15) is 12.1 Å². The Morgan fingerprint density at radius 1 is 0.718 bits per heavy atom. The van der Waals surface area contributed by atoms with Crippen LogP contribution < -0.4 is 5.32 Å². The number of halogens is 5. The highest BCUT2D eigenvalue weighted by Crippen LogP contribution is 2.36. The van der Waals surface area contributed by atoms with Crippen molar-refractivity contribution in [3.05, 3.63) is 124 Å². The molecule has 0 aliphatic heterocycles. The van der Waals surface area contributed by atoms with Gasteiger partial charge < -0.3 is 5.32 Å². The molecule has 0 fully saturated rings. The van der Waals surface area contributed by atoms with Gasteiger partial charge in [0.15, 0.2) is 0 Å². The molecule has 0 unspecified atom stereocenters. The maximum atomic E-state index is 12.9. The monoisotopic (exact) mass is 587 g/mol. The molecule has 0 radical (unpaired) electrons. The first-order chi connectivity index (χ1) is 18.5. The van der Waals surface area contributed by atoms with Gasteiger partial charge in [-0.25, -0.2) is 18.4 Å². The van der Waals surface area contributed by atoms with Gasteiger partial charge in [0.2, 0.25) is 0 Å². The maximum Gasteiger partial charge on any atom is 0.501 e. The van der Waals surface area contributed by atoms with E-state index >= 15 is 0 Å². The van der Waals surface area contributed by atoms with Gasteiger partial charge in [-0.3, -0.25) is 0 Å². The number of rotatable bonds is 6. The number of nitrogens with zero attached hydrogens (tertiary/aromatic N) is 2. The third kappa shape index (κ3) is 5.56. The van der Waals surface area contributed by atoms with Crippen LogP contribution in [0.2, 0.25) is 10.0 Å². The van der Waals surface area contributed by atoms with Crippen LogP contribution in [0.5, 0.6) is 0 Å². The van der Waals surface area contributed by atoms with E-state index in [0.29, 0.717) is 32.5 Å². The van der Waals surface area contributed by atoms with Crippen molar-refractivity contribution in [3.8, 4) is 0 Å². The van der Waals surface area contributed by atoms with Gasteiger partial charge in [-0.1, -0.05) is 53.5 Å². The number of aromatic nitrogens is 2. The van der Waals surface area contributed by atoms with E-state index in [1.807, 2.05) is 66.7 Å². The summed E-state index contributed by atoms with van der Waals surface area (Å²) in [4.78, 5) is 7.82. The molecule has 1 heterocycles. The van der Waals surface area contributed by atoms with Gasteiger partial charge in [-0.15, -0.1) is 0 Å². The van der Waals surface area contributed by atoms with Crippen LogP contribution in [-0.2, 0) is 9.84 Å². The predicted molar refractivity (Wildman–Crippen MR) is 146 cm³/mol. The number of alkyl halides is 3. The summed E-state index contributed by atoms with van der Waals surface area (Å²) in [5.74, 6) is 0.225. The largest absolute Gasteiger partial charge is 0.501 e. The fourth-order valence-corrected chi connectivity index (χ4v) is 5.24. The molecule has 0 spiro atoms. The zero-order valence-electron chi connectivity index (χ0n) is 19.8. The van der Waals surface area contributed by atoms with Gasteiger partial charge in [0.25, 0.3) is 9.84 Å². The highest BCUT2D eigenvalue weighted by Gasteiger charge is 2.46. The Morgan fingerprint density at radius 2 is 1.26 bits per heavy atom. The Hall–Kier alpha value is -3.66. The topological polar surface area (TPSA) is 72.0 Å². The van der Waals surface area contributed by atoms with Crippen LogP contribution in [0.15, 0.2) is 102 Å². The van der Waals surface area contributed by atoms with Crippen LogP contribution in [0.25, 0.3) is 10.9 Å². The smallest absolute Gasteiger partial charge is 0.340 e. The van der Waals surface area contributed by atoms with E-state index < -0.39 is 20.2 Å². The summed E-state index contributed by atoms with van der Waals surface area (Å²) in [6.45, 7) is 0. The molecule has 0 saturated heterocycles. The lowest BCUT2D eigenvalue weighted by atomic mass is 9.85. The van der Waals surface area contributed by atoms with Crippen LogP contribution >= 0.6 is 23.2 Å². The normalized spacial score (nSPS) is 12.2. The highest BCUT2D eigenvalue weighted by molar-refractivity contribution is 7.92. The van der Waals surface area contributed by atoms with Gasteiger partial charge in [-0.2, -0.15) is 13.2 Å². The average molecular weight is 588 g/mol. The molecule has 0 aliphatic carbocycles. The second-order valence-electron chi connectivity index (χ2n) is 8.63. The van der Waals surface area contributed by atoms with Crippen molar-refractivity contribution in [1.29, 1.82) is 0 Å². The zero-order valence-corrected chi connectivity index (χ0v) is 22.2. The van der Waals surface area contributed by atoms with Crippen LogP contribution in [0, 0.1) is 0 Å². The fraction of sp³-hybridized carbons (Fsp3) is 0.0714. The van der Waals surface area contributed by atoms with Crippen molar-refractivity contribution in [3.63, 3.8) is 0 Å².